The van der Waals surface area contributed by atoms with Crippen LogP contribution in [0.5, 0.6) is 0 Å². The Morgan fingerprint density at radius 3 is 1.43 bits per heavy atom. The smallest absolute Gasteiger partial charge is 0.0556 e. The van der Waals surface area contributed by atoms with Gasteiger partial charge in [-0.1, -0.05) is 107 Å². The van der Waals surface area contributed by atoms with Gasteiger partial charge in [0.25, 0.3) is 0 Å². The lowest BCUT2D eigenvalue weighted by Crippen LogP contribution is -2.40. The summed E-state index contributed by atoms with van der Waals surface area (Å²) in [5.74, 6) is 0.951. The molecule has 130 valence electrons. The predicted molar refractivity (Wildman–Crippen MR) is 109 cm³/mol. The molecule has 0 saturated heterocycles. The van der Waals surface area contributed by atoms with Crippen molar-refractivity contribution in [1.82, 2.24) is 0 Å². The minimum atomic E-state index is -1.01. The zero-order valence-corrected chi connectivity index (χ0v) is 19.5. The van der Waals surface area contributed by atoms with E-state index in [9.17, 15) is 0 Å². The maximum atomic E-state index is 2.52. The minimum Gasteiger partial charge on any atom is -0.0695 e. The molecule has 0 spiro atoms. The second-order valence-electron chi connectivity index (χ2n) is 9.89. The van der Waals surface area contributed by atoms with Crippen molar-refractivity contribution in [3.05, 3.63) is 0 Å². The van der Waals surface area contributed by atoms with Crippen molar-refractivity contribution in [2.75, 3.05) is 0 Å². The van der Waals surface area contributed by atoms with Crippen molar-refractivity contribution >= 4 is 16.1 Å². The summed E-state index contributed by atoms with van der Waals surface area (Å²) in [6.45, 7) is 28.9. The van der Waals surface area contributed by atoms with Crippen molar-refractivity contribution in [2.45, 2.75) is 117 Å². The van der Waals surface area contributed by atoms with Crippen LogP contribution in [0.2, 0.25) is 49.4 Å². The SMILES string of the molecule is CCC(C)CC[Si](C)(C)C.CCC(C)[Si](C)(C)C(C)(C)C. The minimum absolute atomic E-state index is 0.558. The Morgan fingerprint density at radius 1 is 0.810 bits per heavy atom. The van der Waals surface area contributed by atoms with E-state index in [1.807, 2.05) is 0 Å². The molecule has 0 aliphatic heterocycles. The molecule has 0 aromatic rings. The van der Waals surface area contributed by atoms with E-state index in [1.165, 1.54) is 25.3 Å². The van der Waals surface area contributed by atoms with Crippen molar-refractivity contribution < 1.29 is 0 Å². The van der Waals surface area contributed by atoms with Gasteiger partial charge in [0.1, 0.15) is 0 Å². The van der Waals surface area contributed by atoms with Gasteiger partial charge in [-0.2, -0.15) is 0 Å². The summed E-state index contributed by atoms with van der Waals surface area (Å²) in [7, 11) is -1.74. The van der Waals surface area contributed by atoms with Gasteiger partial charge >= 0.3 is 0 Å². The molecule has 2 heteroatoms. The molecule has 0 N–H and O–H groups in total. The maximum Gasteiger partial charge on any atom is 0.0556 e. The lowest BCUT2D eigenvalue weighted by Gasteiger charge is -2.41. The Balaban J connectivity index is 0. The molecule has 0 bridgehead atoms. The molecular formula is C19H46Si2. The van der Waals surface area contributed by atoms with Gasteiger partial charge in [0.15, 0.2) is 0 Å². The van der Waals surface area contributed by atoms with Gasteiger partial charge in [-0.25, -0.2) is 0 Å². The van der Waals surface area contributed by atoms with E-state index in [1.54, 1.807) is 0 Å². The van der Waals surface area contributed by atoms with E-state index >= 15 is 0 Å². The van der Waals surface area contributed by atoms with Crippen LogP contribution < -0.4 is 0 Å². The Kier molecular flexibility index (Phi) is 10.8. The highest BCUT2D eigenvalue weighted by Crippen LogP contribution is 2.44. The van der Waals surface area contributed by atoms with Crippen LogP contribution in [0.25, 0.3) is 0 Å². The first-order valence-electron chi connectivity index (χ1n) is 9.19. The normalized spacial score (nSPS) is 16.0. The third-order valence-electron chi connectivity index (χ3n) is 5.86. The topological polar surface area (TPSA) is 0 Å². The molecule has 2 atom stereocenters. The Hall–Kier alpha value is 0.434. The van der Waals surface area contributed by atoms with Crippen LogP contribution in [-0.4, -0.2) is 16.1 Å². The predicted octanol–water partition coefficient (Wildman–Crippen LogP) is 8.06. The molecule has 0 aliphatic rings. The van der Waals surface area contributed by atoms with Gasteiger partial charge in [-0.3, -0.25) is 0 Å². The molecule has 0 aromatic carbocycles. The highest BCUT2D eigenvalue weighted by Gasteiger charge is 2.38. The lowest BCUT2D eigenvalue weighted by molar-refractivity contribution is 0.540. The number of rotatable bonds is 6. The lowest BCUT2D eigenvalue weighted by atomic mass is 10.1. The summed E-state index contributed by atoms with van der Waals surface area (Å²) < 4.78 is 0. The highest BCUT2D eigenvalue weighted by molar-refractivity contribution is 6.81. The summed E-state index contributed by atoms with van der Waals surface area (Å²) in [6.07, 6.45) is 4.15. The van der Waals surface area contributed by atoms with E-state index in [2.05, 4.69) is 81.2 Å². The zero-order chi connectivity index (χ0) is 17.5. The van der Waals surface area contributed by atoms with E-state index in [-0.39, 0.29) is 0 Å². The molecule has 0 aromatic heterocycles. The van der Waals surface area contributed by atoms with Crippen LogP contribution in [0.3, 0.4) is 0 Å². The summed E-state index contributed by atoms with van der Waals surface area (Å²) >= 11 is 0. The standard InChI is InChI=1S/C10H24Si.C9H22Si/c1-8-9(2)11(6,7)10(3,4)5;1-6-9(2)7-8-10(3,4)5/h9H,8H2,1-7H3;9H,6-8H2,1-5H3. The van der Waals surface area contributed by atoms with Crippen LogP contribution in [0.1, 0.15) is 67.7 Å². The van der Waals surface area contributed by atoms with Crippen LogP contribution in [0.15, 0.2) is 0 Å². The molecule has 0 nitrogen and oxygen atoms in total. The number of hydrogen-bond acceptors (Lipinski definition) is 0. The Labute approximate surface area is 139 Å². The first kappa shape index (κ1) is 23.7. The average molecular weight is 331 g/mol. The van der Waals surface area contributed by atoms with E-state index < -0.39 is 16.1 Å². The Bertz CT molecular complexity index is 256. The average Bonchev–Trinajstić information content (AvgIpc) is 2.33. The van der Waals surface area contributed by atoms with Gasteiger partial charge in [0.05, 0.1) is 8.07 Å². The third-order valence-corrected chi connectivity index (χ3v) is 14.4. The first-order chi connectivity index (χ1) is 9.19. The van der Waals surface area contributed by atoms with Crippen molar-refractivity contribution in [3.63, 3.8) is 0 Å². The van der Waals surface area contributed by atoms with Crippen LogP contribution in [0.4, 0.5) is 0 Å². The molecule has 0 saturated carbocycles. The van der Waals surface area contributed by atoms with Gasteiger partial charge in [0.2, 0.25) is 0 Å². The molecule has 2 unspecified atom stereocenters. The van der Waals surface area contributed by atoms with Gasteiger partial charge in [0, 0.05) is 8.07 Å². The number of hydrogen-bond donors (Lipinski definition) is 0. The molecule has 0 heterocycles. The molecule has 0 fully saturated rings. The summed E-state index contributed by atoms with van der Waals surface area (Å²) in [6, 6.07) is 1.50. The zero-order valence-electron chi connectivity index (χ0n) is 17.5. The van der Waals surface area contributed by atoms with Gasteiger partial charge in [-0.15, -0.1) is 0 Å². The van der Waals surface area contributed by atoms with E-state index in [0.717, 1.165) is 11.5 Å². The quantitative estimate of drug-likeness (QED) is 0.432. The monoisotopic (exact) mass is 330 g/mol. The Morgan fingerprint density at radius 2 is 1.24 bits per heavy atom. The second kappa shape index (κ2) is 9.55. The summed E-state index contributed by atoms with van der Waals surface area (Å²) in [5.41, 5.74) is 0.947. The maximum absolute atomic E-state index is 2.52. The fraction of sp³-hybridized carbons (Fsp3) is 1.00. The molecule has 0 radical (unpaired) electrons. The van der Waals surface area contributed by atoms with Crippen LogP contribution >= 0.6 is 0 Å². The first-order valence-corrected chi connectivity index (χ1v) is 16.0. The van der Waals surface area contributed by atoms with Crippen molar-refractivity contribution in [2.24, 2.45) is 5.92 Å². The molecule has 0 amide bonds. The fourth-order valence-electron chi connectivity index (χ4n) is 2.13. The summed E-state index contributed by atoms with van der Waals surface area (Å²) in [4.78, 5) is 0. The van der Waals surface area contributed by atoms with E-state index in [0.29, 0.717) is 5.04 Å². The molecule has 0 rings (SSSR count). The molecule has 21 heavy (non-hydrogen) atoms. The second-order valence-corrected chi connectivity index (χ2v) is 21.4. The van der Waals surface area contributed by atoms with Crippen molar-refractivity contribution in [3.8, 4) is 0 Å². The van der Waals surface area contributed by atoms with Crippen LogP contribution in [0, 0.1) is 5.92 Å². The van der Waals surface area contributed by atoms with Gasteiger partial charge < -0.3 is 0 Å². The van der Waals surface area contributed by atoms with Gasteiger partial charge in [-0.05, 0) is 16.5 Å². The fourth-order valence-corrected chi connectivity index (χ4v) is 5.99. The van der Waals surface area contributed by atoms with Crippen LogP contribution in [-0.2, 0) is 0 Å². The third kappa shape index (κ3) is 10.7. The van der Waals surface area contributed by atoms with Crippen molar-refractivity contribution in [1.29, 1.82) is 0 Å². The highest BCUT2D eigenvalue weighted by atomic mass is 28.3. The molecular weight excluding hydrogens is 284 g/mol. The summed E-state index contributed by atoms with van der Waals surface area (Å²) in [5, 5.41) is 0.558. The largest absolute Gasteiger partial charge is 0.0695 e. The molecule has 0 aliphatic carbocycles. The van der Waals surface area contributed by atoms with E-state index in [4.69, 9.17) is 0 Å².